The van der Waals surface area contributed by atoms with Gasteiger partial charge in [0, 0.05) is 5.54 Å². The molecule has 0 aliphatic heterocycles. The van der Waals surface area contributed by atoms with Gasteiger partial charge in [0.05, 0.1) is 12.2 Å². The monoisotopic (exact) mass is 305 g/mol. The maximum atomic E-state index is 14.0. The molecular formula is C13H17F2NO3S. The summed E-state index contributed by atoms with van der Waals surface area (Å²) in [6, 6.07) is 1.73. The standard InChI is InChI=1S/C13H17F2NO3S/c1-2-13(6-3-7-13)16-20(18,19)11-5-4-10(14)9(8-17)12(11)15/h4-5,16-17H,2-3,6-8H2,1H3. The van der Waals surface area contributed by atoms with Crippen molar-refractivity contribution in [2.75, 3.05) is 0 Å². The van der Waals surface area contributed by atoms with E-state index in [4.69, 9.17) is 5.11 Å². The molecule has 0 heterocycles. The third kappa shape index (κ3) is 2.57. The first kappa shape index (κ1) is 15.3. The molecule has 20 heavy (non-hydrogen) atoms. The first-order valence-corrected chi connectivity index (χ1v) is 7.95. The Morgan fingerprint density at radius 1 is 1.35 bits per heavy atom. The van der Waals surface area contributed by atoms with Gasteiger partial charge in [0.15, 0.2) is 5.82 Å². The maximum Gasteiger partial charge on any atom is 0.244 e. The lowest BCUT2D eigenvalue weighted by Gasteiger charge is -2.41. The fourth-order valence-corrected chi connectivity index (χ4v) is 4.03. The highest BCUT2D eigenvalue weighted by atomic mass is 32.2. The summed E-state index contributed by atoms with van der Waals surface area (Å²) >= 11 is 0. The van der Waals surface area contributed by atoms with Crippen molar-refractivity contribution < 1.29 is 22.3 Å². The van der Waals surface area contributed by atoms with Gasteiger partial charge in [-0.1, -0.05) is 6.92 Å². The second kappa shape index (κ2) is 5.38. The summed E-state index contributed by atoms with van der Waals surface area (Å²) in [5.41, 5.74) is -1.16. The summed E-state index contributed by atoms with van der Waals surface area (Å²) in [5.74, 6) is -2.19. The summed E-state index contributed by atoms with van der Waals surface area (Å²) in [6.45, 7) is 0.974. The minimum absolute atomic E-state index is 0.529. The lowest BCUT2D eigenvalue weighted by molar-refractivity contribution is 0.213. The lowest BCUT2D eigenvalue weighted by Crippen LogP contribution is -2.52. The molecule has 0 amide bonds. The van der Waals surface area contributed by atoms with Crippen molar-refractivity contribution in [2.24, 2.45) is 0 Å². The van der Waals surface area contributed by atoms with Crippen molar-refractivity contribution in [3.8, 4) is 0 Å². The van der Waals surface area contributed by atoms with Gasteiger partial charge in [-0.15, -0.1) is 0 Å². The van der Waals surface area contributed by atoms with Gasteiger partial charge in [0.1, 0.15) is 10.7 Å². The Bertz CT molecular complexity index is 607. The van der Waals surface area contributed by atoms with Crippen LogP contribution in [0.4, 0.5) is 8.78 Å². The topological polar surface area (TPSA) is 66.4 Å². The van der Waals surface area contributed by atoms with Crippen molar-refractivity contribution >= 4 is 10.0 Å². The van der Waals surface area contributed by atoms with Crippen molar-refractivity contribution in [1.29, 1.82) is 0 Å². The van der Waals surface area contributed by atoms with E-state index in [2.05, 4.69) is 4.72 Å². The quantitative estimate of drug-likeness (QED) is 0.875. The Morgan fingerprint density at radius 3 is 2.45 bits per heavy atom. The molecule has 2 rings (SSSR count). The van der Waals surface area contributed by atoms with Gasteiger partial charge >= 0.3 is 0 Å². The summed E-state index contributed by atoms with van der Waals surface area (Å²) < 4.78 is 54.3. The van der Waals surface area contributed by atoms with Gasteiger partial charge in [-0.2, -0.15) is 0 Å². The highest BCUT2D eigenvalue weighted by Gasteiger charge is 2.40. The van der Waals surface area contributed by atoms with Crippen LogP contribution in [-0.2, 0) is 16.6 Å². The molecule has 0 aromatic heterocycles. The van der Waals surface area contributed by atoms with Gasteiger partial charge in [-0.25, -0.2) is 21.9 Å². The van der Waals surface area contributed by atoms with Crippen LogP contribution in [0, 0.1) is 11.6 Å². The molecule has 0 saturated heterocycles. The highest BCUT2D eigenvalue weighted by molar-refractivity contribution is 7.89. The van der Waals surface area contributed by atoms with E-state index in [9.17, 15) is 17.2 Å². The number of hydrogen-bond donors (Lipinski definition) is 2. The van der Waals surface area contributed by atoms with Gasteiger partial charge < -0.3 is 5.11 Å². The van der Waals surface area contributed by atoms with E-state index in [1.165, 1.54) is 0 Å². The van der Waals surface area contributed by atoms with Crippen LogP contribution in [0.2, 0.25) is 0 Å². The van der Waals surface area contributed by atoms with Crippen molar-refractivity contribution in [3.63, 3.8) is 0 Å². The molecule has 0 atom stereocenters. The molecule has 1 aliphatic rings. The molecule has 2 N–H and O–H groups in total. The average molecular weight is 305 g/mol. The number of sulfonamides is 1. The number of halogens is 2. The van der Waals surface area contributed by atoms with Crippen LogP contribution in [0.15, 0.2) is 17.0 Å². The van der Waals surface area contributed by atoms with Crippen molar-refractivity contribution in [3.05, 3.63) is 29.3 Å². The van der Waals surface area contributed by atoms with Gasteiger partial charge in [0.2, 0.25) is 10.0 Å². The second-order valence-electron chi connectivity index (χ2n) is 5.09. The normalized spacial score (nSPS) is 17.8. The number of aliphatic hydroxyl groups excluding tert-OH is 1. The number of benzene rings is 1. The molecule has 1 fully saturated rings. The van der Waals surface area contributed by atoms with E-state index in [0.29, 0.717) is 19.3 Å². The average Bonchev–Trinajstić information content (AvgIpc) is 2.34. The number of rotatable bonds is 5. The second-order valence-corrected chi connectivity index (χ2v) is 6.74. The minimum atomic E-state index is -4.07. The van der Waals surface area contributed by atoms with Crippen molar-refractivity contribution in [2.45, 2.75) is 49.6 Å². The van der Waals surface area contributed by atoms with Crippen LogP contribution in [0.5, 0.6) is 0 Å². The van der Waals surface area contributed by atoms with Crippen LogP contribution in [0.25, 0.3) is 0 Å². The molecule has 1 aromatic rings. The van der Waals surface area contributed by atoms with Crippen LogP contribution in [-0.4, -0.2) is 19.1 Å². The van der Waals surface area contributed by atoms with Crippen LogP contribution < -0.4 is 4.72 Å². The molecule has 0 radical (unpaired) electrons. The summed E-state index contributed by atoms with van der Waals surface area (Å²) in [7, 11) is -4.07. The van der Waals surface area contributed by atoms with Gasteiger partial charge in [-0.3, -0.25) is 0 Å². The first-order valence-electron chi connectivity index (χ1n) is 6.47. The Labute approximate surface area is 116 Å². The Hall–Kier alpha value is -1.05. The Balaban J connectivity index is 2.40. The molecular weight excluding hydrogens is 288 g/mol. The van der Waals surface area contributed by atoms with E-state index in [0.717, 1.165) is 18.6 Å². The number of hydrogen-bond acceptors (Lipinski definition) is 3. The third-order valence-corrected chi connectivity index (χ3v) is 5.53. The van der Waals surface area contributed by atoms with E-state index in [-0.39, 0.29) is 0 Å². The molecule has 0 spiro atoms. The van der Waals surface area contributed by atoms with Gasteiger partial charge in [0.25, 0.3) is 0 Å². The summed E-state index contributed by atoms with van der Waals surface area (Å²) in [4.78, 5) is -0.623. The molecule has 4 nitrogen and oxygen atoms in total. The van der Waals surface area contributed by atoms with Crippen molar-refractivity contribution in [1.82, 2.24) is 4.72 Å². The minimum Gasteiger partial charge on any atom is -0.391 e. The van der Waals surface area contributed by atoms with Crippen LogP contribution in [0.3, 0.4) is 0 Å². The number of nitrogens with one attached hydrogen (secondary N) is 1. The molecule has 1 saturated carbocycles. The maximum absolute atomic E-state index is 14.0. The zero-order chi connectivity index (χ0) is 15.0. The smallest absolute Gasteiger partial charge is 0.244 e. The fraction of sp³-hybridized carbons (Fsp3) is 0.538. The van der Waals surface area contributed by atoms with Crippen LogP contribution in [0.1, 0.15) is 38.2 Å². The molecule has 7 heteroatoms. The zero-order valence-corrected chi connectivity index (χ0v) is 11.9. The summed E-state index contributed by atoms with van der Waals surface area (Å²) in [6.07, 6.45) is 2.95. The third-order valence-electron chi connectivity index (χ3n) is 3.94. The van der Waals surface area contributed by atoms with E-state index < -0.39 is 44.3 Å². The first-order chi connectivity index (χ1) is 9.35. The Kier molecular flexibility index (Phi) is 4.13. The fourth-order valence-electron chi connectivity index (χ4n) is 2.40. The highest BCUT2D eigenvalue weighted by Crippen LogP contribution is 2.36. The predicted molar refractivity (Wildman–Crippen MR) is 69.5 cm³/mol. The summed E-state index contributed by atoms with van der Waals surface area (Å²) in [5, 5.41) is 8.93. The van der Waals surface area contributed by atoms with Crippen LogP contribution >= 0.6 is 0 Å². The van der Waals surface area contributed by atoms with E-state index >= 15 is 0 Å². The molecule has 0 unspecified atom stereocenters. The van der Waals surface area contributed by atoms with E-state index in [1.54, 1.807) is 0 Å². The predicted octanol–water partition coefficient (Wildman–Crippen LogP) is 2.07. The lowest BCUT2D eigenvalue weighted by atomic mass is 9.76. The van der Waals surface area contributed by atoms with Gasteiger partial charge in [-0.05, 0) is 37.8 Å². The molecule has 0 bridgehead atoms. The zero-order valence-electron chi connectivity index (χ0n) is 11.1. The molecule has 1 aromatic carbocycles. The Morgan fingerprint density at radius 2 is 2.00 bits per heavy atom. The molecule has 1 aliphatic carbocycles. The van der Waals surface area contributed by atoms with E-state index in [1.807, 2.05) is 6.92 Å². The molecule has 112 valence electrons. The largest absolute Gasteiger partial charge is 0.391 e. The number of aliphatic hydroxyl groups is 1. The SMILES string of the molecule is CCC1(NS(=O)(=O)c2ccc(F)c(CO)c2F)CCC1.